The van der Waals surface area contributed by atoms with Gasteiger partial charge in [-0.3, -0.25) is 4.98 Å². The molecule has 0 saturated heterocycles. The summed E-state index contributed by atoms with van der Waals surface area (Å²) in [5, 5.41) is 5.99. The number of halogens is 1. The van der Waals surface area contributed by atoms with Crippen molar-refractivity contribution in [1.82, 2.24) is 4.98 Å². The van der Waals surface area contributed by atoms with Crippen molar-refractivity contribution in [1.29, 1.82) is 0 Å². The van der Waals surface area contributed by atoms with E-state index in [1.807, 2.05) is 0 Å². The molecular formula is C7H8FN3. The lowest BCUT2D eigenvalue weighted by molar-refractivity contribution is 0.623. The molecule has 0 amide bonds. The van der Waals surface area contributed by atoms with Crippen LogP contribution in [0.2, 0.25) is 0 Å². The maximum absolute atomic E-state index is 12.9. The first-order chi connectivity index (χ1) is 5.38. The smallest absolute Gasteiger partial charge is 0.166 e. The molecule has 1 aliphatic rings. The number of hydrogen-bond acceptors (Lipinski definition) is 3. The fourth-order valence-electron chi connectivity index (χ4n) is 1.13. The predicted octanol–water partition coefficient (Wildman–Crippen LogP) is 1.06. The predicted molar refractivity (Wildman–Crippen MR) is 41.2 cm³/mol. The standard InChI is InChI=1S/C7H8FN3/c8-5-3-9-4-6-7(5)11-2-1-10-6/h3-4,10-11H,1-2H2. The van der Waals surface area contributed by atoms with Gasteiger partial charge in [-0.1, -0.05) is 0 Å². The van der Waals surface area contributed by atoms with Gasteiger partial charge in [0.05, 0.1) is 23.8 Å². The summed E-state index contributed by atoms with van der Waals surface area (Å²) in [6.45, 7) is 1.58. The average Bonchev–Trinajstić information content (AvgIpc) is 2.06. The Kier molecular flexibility index (Phi) is 1.38. The van der Waals surface area contributed by atoms with Crippen LogP contribution in [0.25, 0.3) is 0 Å². The molecule has 3 nitrogen and oxygen atoms in total. The Labute approximate surface area is 63.6 Å². The van der Waals surface area contributed by atoms with Gasteiger partial charge in [0.15, 0.2) is 5.82 Å². The van der Waals surface area contributed by atoms with Crippen molar-refractivity contribution in [3.63, 3.8) is 0 Å². The lowest BCUT2D eigenvalue weighted by Crippen LogP contribution is -2.21. The van der Waals surface area contributed by atoms with Gasteiger partial charge in [-0.05, 0) is 0 Å². The van der Waals surface area contributed by atoms with Crippen LogP contribution in [-0.4, -0.2) is 18.1 Å². The number of aromatic nitrogens is 1. The fourth-order valence-corrected chi connectivity index (χ4v) is 1.13. The zero-order valence-electron chi connectivity index (χ0n) is 5.89. The van der Waals surface area contributed by atoms with E-state index in [1.165, 1.54) is 6.20 Å². The van der Waals surface area contributed by atoms with Gasteiger partial charge in [0.1, 0.15) is 0 Å². The Morgan fingerprint density at radius 3 is 2.91 bits per heavy atom. The molecule has 0 aromatic carbocycles. The molecule has 58 valence electrons. The van der Waals surface area contributed by atoms with Gasteiger partial charge in [0.2, 0.25) is 0 Å². The Bertz CT molecular complexity index is 274. The Balaban J connectivity index is 2.49. The molecule has 0 atom stereocenters. The van der Waals surface area contributed by atoms with Crippen LogP contribution in [0.1, 0.15) is 0 Å². The molecule has 1 aliphatic heterocycles. The first kappa shape index (κ1) is 6.39. The lowest BCUT2D eigenvalue weighted by atomic mass is 10.3. The molecule has 2 heterocycles. The molecule has 11 heavy (non-hydrogen) atoms. The van der Waals surface area contributed by atoms with Crippen LogP contribution >= 0.6 is 0 Å². The van der Waals surface area contributed by atoms with Crippen molar-refractivity contribution < 1.29 is 4.39 Å². The maximum atomic E-state index is 12.9. The van der Waals surface area contributed by atoms with E-state index in [-0.39, 0.29) is 5.82 Å². The third-order valence-corrected chi connectivity index (χ3v) is 1.64. The molecular weight excluding hydrogens is 145 g/mol. The maximum Gasteiger partial charge on any atom is 0.166 e. The first-order valence-corrected chi connectivity index (χ1v) is 3.49. The zero-order valence-corrected chi connectivity index (χ0v) is 5.89. The van der Waals surface area contributed by atoms with E-state index in [2.05, 4.69) is 15.6 Å². The molecule has 0 unspecified atom stereocenters. The van der Waals surface area contributed by atoms with Gasteiger partial charge >= 0.3 is 0 Å². The van der Waals surface area contributed by atoms with E-state index in [0.717, 1.165) is 18.8 Å². The molecule has 2 rings (SSSR count). The Hall–Kier alpha value is -1.32. The fraction of sp³-hybridized carbons (Fsp3) is 0.286. The average molecular weight is 153 g/mol. The third-order valence-electron chi connectivity index (χ3n) is 1.64. The number of pyridine rings is 1. The number of rotatable bonds is 0. The molecule has 0 radical (unpaired) electrons. The summed E-state index contributed by atoms with van der Waals surface area (Å²) in [5.41, 5.74) is 1.28. The van der Waals surface area contributed by atoms with Gasteiger partial charge in [-0.2, -0.15) is 0 Å². The molecule has 0 aliphatic carbocycles. The van der Waals surface area contributed by atoms with E-state index in [9.17, 15) is 4.39 Å². The van der Waals surface area contributed by atoms with Crippen LogP contribution in [0, 0.1) is 5.82 Å². The Morgan fingerprint density at radius 1 is 1.27 bits per heavy atom. The molecule has 4 heteroatoms. The van der Waals surface area contributed by atoms with Crippen molar-refractivity contribution in [2.45, 2.75) is 0 Å². The van der Waals surface area contributed by atoms with Crippen molar-refractivity contribution in [2.24, 2.45) is 0 Å². The van der Waals surface area contributed by atoms with Crippen molar-refractivity contribution in [3.8, 4) is 0 Å². The summed E-state index contributed by atoms with van der Waals surface area (Å²) < 4.78 is 12.9. The summed E-state index contributed by atoms with van der Waals surface area (Å²) in [7, 11) is 0. The van der Waals surface area contributed by atoms with Crippen molar-refractivity contribution in [3.05, 3.63) is 18.2 Å². The first-order valence-electron chi connectivity index (χ1n) is 3.49. The normalized spacial score (nSPS) is 14.6. The highest BCUT2D eigenvalue weighted by molar-refractivity contribution is 5.69. The molecule has 0 saturated carbocycles. The third kappa shape index (κ3) is 1.00. The molecule has 0 bridgehead atoms. The lowest BCUT2D eigenvalue weighted by Gasteiger charge is -2.19. The largest absolute Gasteiger partial charge is 0.380 e. The van der Waals surface area contributed by atoms with E-state index in [4.69, 9.17) is 0 Å². The van der Waals surface area contributed by atoms with Crippen molar-refractivity contribution in [2.75, 3.05) is 23.7 Å². The van der Waals surface area contributed by atoms with E-state index < -0.39 is 0 Å². The zero-order chi connectivity index (χ0) is 7.68. The number of nitrogens with one attached hydrogen (secondary N) is 2. The minimum atomic E-state index is -0.297. The minimum absolute atomic E-state index is 0.297. The summed E-state index contributed by atoms with van der Waals surface area (Å²) in [5.74, 6) is -0.297. The van der Waals surface area contributed by atoms with Crippen LogP contribution < -0.4 is 10.6 Å². The second kappa shape index (κ2) is 2.38. The monoisotopic (exact) mass is 153 g/mol. The molecule has 1 aromatic heterocycles. The molecule has 2 N–H and O–H groups in total. The molecule has 0 spiro atoms. The van der Waals surface area contributed by atoms with Gasteiger partial charge < -0.3 is 10.6 Å². The van der Waals surface area contributed by atoms with E-state index in [1.54, 1.807) is 6.20 Å². The van der Waals surface area contributed by atoms with Crippen LogP contribution in [0.4, 0.5) is 15.8 Å². The van der Waals surface area contributed by atoms with Crippen LogP contribution in [0.15, 0.2) is 12.4 Å². The van der Waals surface area contributed by atoms with Gasteiger partial charge in [-0.25, -0.2) is 4.39 Å². The minimum Gasteiger partial charge on any atom is -0.380 e. The van der Waals surface area contributed by atoms with Gasteiger partial charge in [0, 0.05) is 13.1 Å². The van der Waals surface area contributed by atoms with Crippen LogP contribution in [0.5, 0.6) is 0 Å². The van der Waals surface area contributed by atoms with Crippen molar-refractivity contribution >= 4 is 11.4 Å². The summed E-state index contributed by atoms with van der Waals surface area (Å²) in [6.07, 6.45) is 2.82. The SMILES string of the molecule is Fc1cncc2c1NCCN2. The quantitative estimate of drug-likeness (QED) is 0.585. The second-order valence-corrected chi connectivity index (χ2v) is 2.40. The molecule has 0 fully saturated rings. The second-order valence-electron chi connectivity index (χ2n) is 2.40. The topological polar surface area (TPSA) is 37.0 Å². The van der Waals surface area contributed by atoms with Crippen LogP contribution in [-0.2, 0) is 0 Å². The highest BCUT2D eigenvalue weighted by Gasteiger charge is 2.11. The van der Waals surface area contributed by atoms with Gasteiger partial charge in [-0.15, -0.1) is 0 Å². The number of anilines is 2. The molecule has 1 aromatic rings. The highest BCUT2D eigenvalue weighted by Crippen LogP contribution is 2.25. The number of nitrogens with zero attached hydrogens (tertiary/aromatic N) is 1. The van der Waals surface area contributed by atoms with E-state index in [0.29, 0.717) is 5.69 Å². The van der Waals surface area contributed by atoms with E-state index >= 15 is 0 Å². The number of fused-ring (bicyclic) bond motifs is 1. The summed E-state index contributed by atoms with van der Waals surface area (Å²) in [4.78, 5) is 3.72. The summed E-state index contributed by atoms with van der Waals surface area (Å²) in [6, 6.07) is 0. The number of hydrogen-bond donors (Lipinski definition) is 2. The Morgan fingerprint density at radius 2 is 2.09 bits per heavy atom. The summed E-state index contributed by atoms with van der Waals surface area (Å²) >= 11 is 0. The van der Waals surface area contributed by atoms with Crippen LogP contribution in [0.3, 0.4) is 0 Å². The van der Waals surface area contributed by atoms with Gasteiger partial charge in [0.25, 0.3) is 0 Å². The highest BCUT2D eigenvalue weighted by atomic mass is 19.1.